The molecular formula is C23H39N3O3. The lowest BCUT2D eigenvalue weighted by Gasteiger charge is -2.36. The van der Waals surface area contributed by atoms with Gasteiger partial charge in [-0.1, -0.05) is 32.1 Å². The normalized spacial score (nSPS) is 24.2. The van der Waals surface area contributed by atoms with E-state index in [-0.39, 0.29) is 22.9 Å². The Hall–Kier alpha value is -1.11. The molecule has 6 heteroatoms. The lowest BCUT2D eigenvalue weighted by Crippen LogP contribution is -2.55. The lowest BCUT2D eigenvalue weighted by molar-refractivity contribution is -0.127. The fourth-order valence-corrected chi connectivity index (χ4v) is 5.44. The maximum Gasteiger partial charge on any atom is 0.154 e. The van der Waals surface area contributed by atoms with Crippen molar-refractivity contribution < 1.29 is 14.4 Å². The van der Waals surface area contributed by atoms with E-state index in [1.54, 1.807) is 6.92 Å². The maximum absolute atomic E-state index is 13.1. The van der Waals surface area contributed by atoms with Crippen molar-refractivity contribution in [1.82, 2.24) is 16.0 Å². The number of hydrogen-bond acceptors (Lipinski definition) is 6. The molecular weight excluding hydrogens is 366 g/mol. The summed E-state index contributed by atoms with van der Waals surface area (Å²) in [5.41, 5.74) is -1.19. The van der Waals surface area contributed by atoms with Gasteiger partial charge in [0.25, 0.3) is 0 Å². The molecule has 0 spiro atoms. The number of Topliss-reactive ketones (excluding diaryl/α,β-unsaturated/α-hetero) is 3. The van der Waals surface area contributed by atoms with Gasteiger partial charge in [0, 0.05) is 25.9 Å². The van der Waals surface area contributed by atoms with E-state index < -0.39 is 11.1 Å². The minimum Gasteiger partial charge on any atom is -0.308 e. The topological polar surface area (TPSA) is 87.3 Å². The molecule has 164 valence electrons. The van der Waals surface area contributed by atoms with Crippen molar-refractivity contribution in [1.29, 1.82) is 0 Å². The van der Waals surface area contributed by atoms with Gasteiger partial charge in [0.1, 0.15) is 5.78 Å². The van der Waals surface area contributed by atoms with Crippen LogP contribution in [0.4, 0.5) is 0 Å². The Morgan fingerprint density at radius 3 is 1.59 bits per heavy atom. The Morgan fingerprint density at radius 1 is 0.655 bits per heavy atom. The molecule has 3 saturated carbocycles. The van der Waals surface area contributed by atoms with Gasteiger partial charge < -0.3 is 16.0 Å². The van der Waals surface area contributed by atoms with Crippen molar-refractivity contribution in [3.63, 3.8) is 0 Å². The third-order valence-corrected chi connectivity index (χ3v) is 7.77. The lowest BCUT2D eigenvalue weighted by atomic mass is 9.78. The van der Waals surface area contributed by atoms with Crippen LogP contribution < -0.4 is 16.0 Å². The van der Waals surface area contributed by atoms with Crippen LogP contribution >= 0.6 is 0 Å². The molecule has 29 heavy (non-hydrogen) atoms. The number of likely N-dealkylation sites (N-methyl/N-ethyl adjacent to an activating group) is 1. The Balaban J connectivity index is 1.49. The third kappa shape index (κ3) is 4.97. The maximum atomic E-state index is 13.1. The zero-order valence-corrected chi connectivity index (χ0v) is 18.3. The average molecular weight is 406 g/mol. The van der Waals surface area contributed by atoms with E-state index in [1.165, 1.54) is 6.42 Å². The molecule has 3 aliphatic rings. The molecule has 0 bridgehead atoms. The summed E-state index contributed by atoms with van der Waals surface area (Å²) < 4.78 is 0. The highest BCUT2D eigenvalue weighted by Crippen LogP contribution is 2.37. The van der Waals surface area contributed by atoms with Crippen LogP contribution in [0.3, 0.4) is 0 Å². The molecule has 0 aromatic carbocycles. The molecule has 0 amide bonds. The smallest absolute Gasteiger partial charge is 0.154 e. The van der Waals surface area contributed by atoms with Crippen molar-refractivity contribution in [2.45, 2.75) is 107 Å². The minimum absolute atomic E-state index is 0.204. The number of carbonyl (C=O) groups is 3. The summed E-state index contributed by atoms with van der Waals surface area (Å²) in [6.07, 6.45) is 11.7. The van der Waals surface area contributed by atoms with Crippen molar-refractivity contribution in [3.8, 4) is 0 Å². The van der Waals surface area contributed by atoms with Gasteiger partial charge in [0.15, 0.2) is 11.6 Å². The molecule has 3 rings (SSSR count). The average Bonchev–Trinajstić information content (AvgIpc) is 3.39. The van der Waals surface area contributed by atoms with Crippen LogP contribution in [0.5, 0.6) is 0 Å². The molecule has 0 saturated heterocycles. The highest BCUT2D eigenvalue weighted by molar-refractivity contribution is 5.92. The van der Waals surface area contributed by atoms with Gasteiger partial charge in [0.05, 0.1) is 16.6 Å². The summed E-state index contributed by atoms with van der Waals surface area (Å²) in [5.74, 6) is 0.699. The van der Waals surface area contributed by atoms with Gasteiger partial charge >= 0.3 is 0 Å². The van der Waals surface area contributed by atoms with Crippen molar-refractivity contribution in [2.75, 3.05) is 20.1 Å². The predicted molar refractivity (Wildman–Crippen MR) is 114 cm³/mol. The van der Waals surface area contributed by atoms with E-state index in [0.29, 0.717) is 25.9 Å². The van der Waals surface area contributed by atoms with Crippen LogP contribution in [0.2, 0.25) is 0 Å². The first-order valence-corrected chi connectivity index (χ1v) is 11.6. The Labute approximate surface area is 175 Å². The van der Waals surface area contributed by atoms with Crippen molar-refractivity contribution in [3.05, 3.63) is 0 Å². The van der Waals surface area contributed by atoms with Gasteiger partial charge in [-0.25, -0.2) is 0 Å². The van der Waals surface area contributed by atoms with Crippen molar-refractivity contribution in [2.24, 2.45) is 0 Å². The molecule has 3 N–H and O–H groups in total. The summed E-state index contributed by atoms with van der Waals surface area (Å²) in [6.45, 7) is 2.80. The van der Waals surface area contributed by atoms with Crippen LogP contribution in [0.1, 0.15) is 90.4 Å². The SMILES string of the molecule is CNC1(C(=O)CCNC2(C(=O)CCNC3(C(C)=O)CCCCC3)CCCC2)CC1. The first-order valence-electron chi connectivity index (χ1n) is 11.6. The quantitative estimate of drug-likeness (QED) is 0.462. The second-order valence-corrected chi connectivity index (χ2v) is 9.52. The molecule has 3 fully saturated rings. The van der Waals surface area contributed by atoms with E-state index in [1.807, 2.05) is 7.05 Å². The minimum atomic E-state index is -0.478. The number of rotatable bonds is 12. The molecule has 0 radical (unpaired) electrons. The van der Waals surface area contributed by atoms with Crippen LogP contribution in [-0.2, 0) is 14.4 Å². The zero-order valence-electron chi connectivity index (χ0n) is 18.3. The zero-order chi connectivity index (χ0) is 21.0. The second-order valence-electron chi connectivity index (χ2n) is 9.52. The van der Waals surface area contributed by atoms with E-state index in [9.17, 15) is 14.4 Å². The van der Waals surface area contributed by atoms with E-state index in [2.05, 4.69) is 16.0 Å². The predicted octanol–water partition coefficient (Wildman–Crippen LogP) is 2.44. The molecule has 0 heterocycles. The Kier molecular flexibility index (Phi) is 7.28. The second kappa shape index (κ2) is 9.36. The molecule has 0 atom stereocenters. The Bertz CT molecular complexity index is 615. The number of carbonyl (C=O) groups excluding carboxylic acids is 3. The van der Waals surface area contributed by atoms with Gasteiger partial charge in [-0.3, -0.25) is 14.4 Å². The molecule has 0 aromatic heterocycles. The van der Waals surface area contributed by atoms with Gasteiger partial charge in [-0.2, -0.15) is 0 Å². The third-order valence-electron chi connectivity index (χ3n) is 7.77. The van der Waals surface area contributed by atoms with Crippen LogP contribution in [-0.4, -0.2) is 54.1 Å². The summed E-state index contributed by atoms with van der Waals surface area (Å²) in [7, 11) is 1.85. The molecule has 6 nitrogen and oxygen atoms in total. The highest BCUT2D eigenvalue weighted by atomic mass is 16.1. The molecule has 0 unspecified atom stereocenters. The summed E-state index contributed by atoms with van der Waals surface area (Å²) in [4.78, 5) is 37.8. The fourth-order valence-electron chi connectivity index (χ4n) is 5.44. The molecule has 0 aliphatic heterocycles. The molecule has 0 aromatic rings. The van der Waals surface area contributed by atoms with Crippen LogP contribution in [0.25, 0.3) is 0 Å². The summed E-state index contributed by atoms with van der Waals surface area (Å²) >= 11 is 0. The number of hydrogen-bond donors (Lipinski definition) is 3. The molecule has 3 aliphatic carbocycles. The largest absolute Gasteiger partial charge is 0.308 e. The monoisotopic (exact) mass is 405 g/mol. The van der Waals surface area contributed by atoms with E-state index in [4.69, 9.17) is 0 Å². The number of nitrogens with one attached hydrogen (secondary N) is 3. The fraction of sp³-hybridized carbons (Fsp3) is 0.870. The Morgan fingerprint density at radius 2 is 1.10 bits per heavy atom. The van der Waals surface area contributed by atoms with Gasteiger partial charge in [0.2, 0.25) is 0 Å². The van der Waals surface area contributed by atoms with Crippen LogP contribution in [0, 0.1) is 0 Å². The van der Waals surface area contributed by atoms with Crippen LogP contribution in [0.15, 0.2) is 0 Å². The number of ketones is 3. The first-order chi connectivity index (χ1) is 13.9. The van der Waals surface area contributed by atoms with Crippen molar-refractivity contribution >= 4 is 17.3 Å². The van der Waals surface area contributed by atoms with Gasteiger partial charge in [-0.15, -0.1) is 0 Å². The van der Waals surface area contributed by atoms with Gasteiger partial charge in [-0.05, 0) is 52.5 Å². The summed E-state index contributed by atoms with van der Waals surface area (Å²) in [6, 6.07) is 0. The summed E-state index contributed by atoms with van der Waals surface area (Å²) in [5, 5.41) is 10.1. The first kappa shape index (κ1) is 22.6. The highest BCUT2D eigenvalue weighted by Gasteiger charge is 2.48. The standard InChI is InChI=1S/C23H39N3O3/c1-18(27)21(10-4-3-5-11-21)25-16-9-20(29)23(12-6-7-13-23)26-17-8-19(28)22(24-2)14-15-22/h24-26H,3-17H2,1-2H3. The van der Waals surface area contributed by atoms with E-state index in [0.717, 1.165) is 64.2 Å². The van der Waals surface area contributed by atoms with E-state index >= 15 is 0 Å².